The molecule has 1 heterocycles. The van der Waals surface area contributed by atoms with Gasteiger partial charge in [0.2, 0.25) is 0 Å². The van der Waals surface area contributed by atoms with Crippen LogP contribution in [0.1, 0.15) is 21.5 Å². The van der Waals surface area contributed by atoms with Crippen LogP contribution in [0.2, 0.25) is 0 Å². The minimum atomic E-state index is -0.198. The first-order chi connectivity index (χ1) is 14.5. The number of ether oxygens (including phenoxy) is 1. The molecule has 0 aliphatic heterocycles. The van der Waals surface area contributed by atoms with Crippen molar-refractivity contribution >= 4 is 22.5 Å². The lowest BCUT2D eigenvalue weighted by atomic mass is 10.1. The molecular formula is C25H22N2O3. The third-order valence-corrected chi connectivity index (χ3v) is 5.06. The highest BCUT2D eigenvalue weighted by Crippen LogP contribution is 2.22. The monoisotopic (exact) mass is 398 g/mol. The number of nitrogens with one attached hydrogen (secondary N) is 1. The minimum Gasteiger partial charge on any atom is -0.497 e. The smallest absolute Gasteiger partial charge is 0.258 e. The number of pyridine rings is 1. The molecule has 0 aliphatic rings. The van der Waals surface area contributed by atoms with Gasteiger partial charge in [0.25, 0.3) is 11.5 Å². The highest BCUT2D eigenvalue weighted by Gasteiger charge is 2.20. The predicted molar refractivity (Wildman–Crippen MR) is 119 cm³/mol. The lowest BCUT2D eigenvalue weighted by Gasteiger charge is -2.23. The summed E-state index contributed by atoms with van der Waals surface area (Å²) in [4.78, 5) is 30.6. The van der Waals surface area contributed by atoms with Gasteiger partial charge in [-0.25, -0.2) is 0 Å². The maximum absolute atomic E-state index is 13.3. The Morgan fingerprint density at radius 3 is 2.40 bits per heavy atom. The first kappa shape index (κ1) is 19.5. The summed E-state index contributed by atoms with van der Waals surface area (Å²) in [6.45, 7) is 2.14. The van der Waals surface area contributed by atoms with Gasteiger partial charge in [-0.2, -0.15) is 0 Å². The van der Waals surface area contributed by atoms with Gasteiger partial charge in [0.05, 0.1) is 13.7 Å². The summed E-state index contributed by atoms with van der Waals surface area (Å²) in [5.41, 5.74) is 3.44. The van der Waals surface area contributed by atoms with Gasteiger partial charge in [-0.1, -0.05) is 30.3 Å². The number of carbonyl (C=O) groups excluding carboxylic acids is 1. The van der Waals surface area contributed by atoms with Gasteiger partial charge in [0.15, 0.2) is 0 Å². The van der Waals surface area contributed by atoms with Crippen molar-refractivity contribution in [3.8, 4) is 5.75 Å². The van der Waals surface area contributed by atoms with E-state index in [0.29, 0.717) is 16.9 Å². The fraction of sp³-hybridized carbons (Fsp3) is 0.120. The zero-order valence-electron chi connectivity index (χ0n) is 16.9. The first-order valence-corrected chi connectivity index (χ1v) is 9.69. The molecule has 0 spiro atoms. The molecule has 5 nitrogen and oxygen atoms in total. The number of nitrogens with zero attached hydrogens (tertiary/aromatic N) is 1. The number of methoxy groups -OCH3 is 1. The molecule has 1 aromatic heterocycles. The maximum Gasteiger partial charge on any atom is 0.258 e. The van der Waals surface area contributed by atoms with E-state index in [-0.39, 0.29) is 18.0 Å². The third kappa shape index (κ3) is 3.96. The quantitative estimate of drug-likeness (QED) is 0.530. The Hall–Kier alpha value is -3.86. The highest BCUT2D eigenvalue weighted by molar-refractivity contribution is 6.06. The highest BCUT2D eigenvalue weighted by atomic mass is 16.5. The van der Waals surface area contributed by atoms with Crippen LogP contribution in [0.4, 0.5) is 5.69 Å². The number of fused-ring (bicyclic) bond motifs is 1. The molecule has 1 amide bonds. The molecule has 0 bridgehead atoms. The number of para-hydroxylation sites is 1. The molecule has 0 saturated carbocycles. The van der Waals surface area contributed by atoms with Crippen molar-refractivity contribution < 1.29 is 9.53 Å². The number of aromatic amines is 1. The Morgan fingerprint density at radius 1 is 0.967 bits per heavy atom. The summed E-state index contributed by atoms with van der Waals surface area (Å²) in [5, 5.41) is 0.931. The van der Waals surface area contributed by atoms with Crippen molar-refractivity contribution in [3.63, 3.8) is 0 Å². The Balaban J connectivity index is 1.74. The van der Waals surface area contributed by atoms with Crippen LogP contribution in [-0.4, -0.2) is 18.0 Å². The fourth-order valence-electron chi connectivity index (χ4n) is 3.43. The number of hydrogen-bond acceptors (Lipinski definition) is 3. The third-order valence-electron chi connectivity index (χ3n) is 5.06. The van der Waals surface area contributed by atoms with Gasteiger partial charge in [-0.15, -0.1) is 0 Å². The summed E-state index contributed by atoms with van der Waals surface area (Å²) in [5.74, 6) is 0.492. The van der Waals surface area contributed by atoms with E-state index in [1.165, 1.54) is 0 Å². The molecular weight excluding hydrogens is 376 g/mol. The molecule has 4 rings (SSSR count). The Labute approximate surface area is 174 Å². The van der Waals surface area contributed by atoms with Gasteiger partial charge in [-0.05, 0) is 66.4 Å². The number of anilines is 1. The van der Waals surface area contributed by atoms with Crippen LogP contribution in [0, 0.1) is 6.92 Å². The zero-order chi connectivity index (χ0) is 21.1. The van der Waals surface area contributed by atoms with Crippen LogP contribution < -0.4 is 15.2 Å². The molecule has 5 heteroatoms. The number of aryl methyl sites for hydroxylation is 1. The number of hydrogen-bond donors (Lipinski definition) is 1. The lowest BCUT2D eigenvalue weighted by Crippen LogP contribution is -2.32. The number of H-pyrrole nitrogens is 1. The van der Waals surface area contributed by atoms with E-state index in [4.69, 9.17) is 4.74 Å². The van der Waals surface area contributed by atoms with Gasteiger partial charge < -0.3 is 14.6 Å². The Bertz CT molecular complexity index is 1250. The topological polar surface area (TPSA) is 62.4 Å². The minimum absolute atomic E-state index is 0.161. The molecule has 0 aliphatic carbocycles. The fourth-order valence-corrected chi connectivity index (χ4v) is 3.43. The second-order valence-electron chi connectivity index (χ2n) is 7.17. The number of carbonyl (C=O) groups is 1. The number of benzene rings is 3. The van der Waals surface area contributed by atoms with E-state index in [9.17, 15) is 9.59 Å². The molecule has 0 atom stereocenters. The van der Waals surface area contributed by atoms with Gasteiger partial charge in [0.1, 0.15) is 5.75 Å². The summed E-state index contributed by atoms with van der Waals surface area (Å²) in [7, 11) is 1.58. The van der Waals surface area contributed by atoms with Gasteiger partial charge in [0, 0.05) is 22.3 Å². The van der Waals surface area contributed by atoms with E-state index in [0.717, 1.165) is 22.2 Å². The molecule has 0 saturated heterocycles. The average Bonchev–Trinajstić information content (AvgIpc) is 2.78. The van der Waals surface area contributed by atoms with E-state index >= 15 is 0 Å². The molecule has 1 N–H and O–H groups in total. The number of rotatable bonds is 5. The normalized spacial score (nSPS) is 10.7. The second-order valence-corrected chi connectivity index (χ2v) is 7.17. The van der Waals surface area contributed by atoms with Gasteiger partial charge in [-0.3, -0.25) is 9.59 Å². The molecule has 3 aromatic carbocycles. The molecule has 4 aromatic rings. The molecule has 0 fully saturated rings. The van der Waals surface area contributed by atoms with Crippen molar-refractivity contribution in [1.82, 2.24) is 4.98 Å². The van der Waals surface area contributed by atoms with Crippen molar-refractivity contribution in [3.05, 3.63) is 106 Å². The largest absolute Gasteiger partial charge is 0.497 e. The van der Waals surface area contributed by atoms with Gasteiger partial charge >= 0.3 is 0 Å². The summed E-state index contributed by atoms with van der Waals surface area (Å²) >= 11 is 0. The maximum atomic E-state index is 13.3. The van der Waals surface area contributed by atoms with Crippen LogP contribution in [0.3, 0.4) is 0 Å². The Kier molecular flexibility index (Phi) is 5.35. The van der Waals surface area contributed by atoms with E-state index in [2.05, 4.69) is 4.98 Å². The van der Waals surface area contributed by atoms with E-state index < -0.39 is 0 Å². The number of aromatic nitrogens is 1. The van der Waals surface area contributed by atoms with Crippen LogP contribution in [0.15, 0.2) is 83.7 Å². The Morgan fingerprint density at radius 2 is 1.70 bits per heavy atom. The molecule has 30 heavy (non-hydrogen) atoms. The van der Waals surface area contributed by atoms with E-state index in [1.54, 1.807) is 36.3 Å². The van der Waals surface area contributed by atoms with E-state index in [1.807, 2.05) is 61.5 Å². The predicted octanol–water partition coefficient (Wildman–Crippen LogP) is 4.69. The van der Waals surface area contributed by atoms with Crippen LogP contribution >= 0.6 is 0 Å². The summed E-state index contributed by atoms with van der Waals surface area (Å²) in [6.07, 6.45) is 0. The molecule has 0 unspecified atom stereocenters. The van der Waals surface area contributed by atoms with Crippen LogP contribution in [0.25, 0.3) is 10.9 Å². The first-order valence-electron chi connectivity index (χ1n) is 9.69. The van der Waals surface area contributed by atoms with Crippen molar-refractivity contribution in [2.24, 2.45) is 0 Å². The average molecular weight is 398 g/mol. The van der Waals surface area contributed by atoms with Crippen molar-refractivity contribution in [2.45, 2.75) is 13.5 Å². The number of amides is 1. The zero-order valence-corrected chi connectivity index (χ0v) is 16.9. The summed E-state index contributed by atoms with van der Waals surface area (Å²) < 4.78 is 5.18. The standard InChI is InChI=1S/C25H22N2O3/c1-17-8-9-19-15-20(24(28)26-23(19)14-17)16-27(21-6-4-3-5-7-21)25(29)18-10-12-22(30-2)13-11-18/h3-15H,16H2,1-2H3,(H,26,28). The van der Waals surface area contributed by atoms with Crippen molar-refractivity contribution in [1.29, 1.82) is 0 Å². The van der Waals surface area contributed by atoms with Crippen LogP contribution in [0.5, 0.6) is 5.75 Å². The molecule has 150 valence electrons. The second kappa shape index (κ2) is 8.25. The van der Waals surface area contributed by atoms with Crippen LogP contribution in [-0.2, 0) is 6.54 Å². The SMILES string of the molecule is COc1ccc(C(=O)N(Cc2cc3ccc(C)cc3[nH]c2=O)c2ccccc2)cc1. The lowest BCUT2D eigenvalue weighted by molar-refractivity contribution is 0.0985. The summed E-state index contributed by atoms with van der Waals surface area (Å²) in [6, 6.07) is 24.1. The van der Waals surface area contributed by atoms with Crippen molar-refractivity contribution in [2.75, 3.05) is 12.0 Å². The molecule has 0 radical (unpaired) electrons.